The summed E-state index contributed by atoms with van der Waals surface area (Å²) in [6, 6.07) is 7.70. The predicted octanol–water partition coefficient (Wildman–Crippen LogP) is 1.35. The van der Waals surface area contributed by atoms with Gasteiger partial charge in [-0.3, -0.25) is 4.79 Å². The summed E-state index contributed by atoms with van der Waals surface area (Å²) in [7, 11) is 0. The fraction of sp³-hybridized carbons (Fsp3) is 0.500. The predicted molar refractivity (Wildman–Crippen MR) is 71.1 cm³/mol. The summed E-state index contributed by atoms with van der Waals surface area (Å²) in [5.74, 6) is 0.665. The summed E-state index contributed by atoms with van der Waals surface area (Å²) in [5, 5.41) is 2.84. The van der Waals surface area contributed by atoms with Crippen molar-refractivity contribution in [2.75, 3.05) is 25.5 Å². The van der Waals surface area contributed by atoms with E-state index in [2.05, 4.69) is 5.32 Å². The second-order valence-electron chi connectivity index (χ2n) is 4.80. The van der Waals surface area contributed by atoms with Crippen molar-refractivity contribution < 1.29 is 9.53 Å². The summed E-state index contributed by atoms with van der Waals surface area (Å²) in [5.41, 5.74) is 7.53. The highest BCUT2D eigenvalue weighted by atomic mass is 16.5. The van der Waals surface area contributed by atoms with E-state index in [0.717, 1.165) is 18.7 Å². The van der Waals surface area contributed by atoms with Crippen molar-refractivity contribution >= 4 is 11.6 Å². The Bertz CT molecular complexity index is 385. The van der Waals surface area contributed by atoms with Crippen molar-refractivity contribution in [2.45, 2.75) is 19.3 Å². The molecule has 0 bridgehead atoms. The van der Waals surface area contributed by atoms with Crippen LogP contribution in [-0.2, 0) is 16.0 Å². The molecule has 0 aromatic heterocycles. The molecule has 98 valence electrons. The van der Waals surface area contributed by atoms with Gasteiger partial charge in [-0.05, 0) is 42.9 Å². The van der Waals surface area contributed by atoms with Gasteiger partial charge in [0.1, 0.15) is 6.61 Å². The number of nitrogens with one attached hydrogen (secondary N) is 1. The molecule has 0 saturated heterocycles. The van der Waals surface area contributed by atoms with E-state index in [-0.39, 0.29) is 12.5 Å². The van der Waals surface area contributed by atoms with E-state index in [1.54, 1.807) is 0 Å². The van der Waals surface area contributed by atoms with E-state index < -0.39 is 0 Å². The van der Waals surface area contributed by atoms with Gasteiger partial charge in [0.2, 0.25) is 5.91 Å². The van der Waals surface area contributed by atoms with E-state index in [1.807, 2.05) is 24.3 Å². The molecule has 1 saturated carbocycles. The van der Waals surface area contributed by atoms with Crippen molar-refractivity contribution in [3.63, 3.8) is 0 Å². The van der Waals surface area contributed by atoms with Gasteiger partial charge in [-0.25, -0.2) is 0 Å². The molecule has 1 fully saturated rings. The molecule has 3 N–H and O–H groups in total. The Labute approximate surface area is 108 Å². The SMILES string of the molecule is Nc1ccc(CCNC(=O)COCC2CC2)cc1. The maximum absolute atomic E-state index is 11.4. The van der Waals surface area contributed by atoms with Crippen LogP contribution in [0, 0.1) is 5.92 Å². The maximum atomic E-state index is 11.4. The molecular weight excluding hydrogens is 228 g/mol. The summed E-state index contributed by atoms with van der Waals surface area (Å²) < 4.78 is 5.31. The Morgan fingerprint density at radius 3 is 2.72 bits per heavy atom. The van der Waals surface area contributed by atoms with Gasteiger partial charge in [-0.2, -0.15) is 0 Å². The van der Waals surface area contributed by atoms with Gasteiger partial charge in [-0.1, -0.05) is 12.1 Å². The lowest BCUT2D eigenvalue weighted by molar-refractivity contribution is -0.125. The van der Waals surface area contributed by atoms with Crippen molar-refractivity contribution in [1.82, 2.24) is 5.32 Å². The first-order valence-corrected chi connectivity index (χ1v) is 6.43. The Morgan fingerprint density at radius 1 is 1.33 bits per heavy atom. The van der Waals surface area contributed by atoms with Gasteiger partial charge in [0, 0.05) is 12.2 Å². The highest BCUT2D eigenvalue weighted by molar-refractivity contribution is 5.77. The Balaban J connectivity index is 1.56. The standard InChI is InChI=1S/C14H20N2O2/c15-13-5-3-11(4-6-13)7-8-16-14(17)10-18-9-12-1-2-12/h3-6,12H,1-2,7-10,15H2,(H,16,17). The topological polar surface area (TPSA) is 64.3 Å². The number of ether oxygens (including phenoxy) is 1. The lowest BCUT2D eigenvalue weighted by Gasteiger charge is -2.06. The monoisotopic (exact) mass is 248 g/mol. The fourth-order valence-electron chi connectivity index (χ4n) is 1.68. The second kappa shape index (κ2) is 6.40. The van der Waals surface area contributed by atoms with Crippen molar-refractivity contribution in [1.29, 1.82) is 0 Å². The number of carbonyl (C=O) groups excluding carboxylic acids is 1. The van der Waals surface area contributed by atoms with E-state index in [0.29, 0.717) is 12.5 Å². The molecule has 0 spiro atoms. The molecule has 1 aliphatic carbocycles. The molecule has 0 atom stereocenters. The highest BCUT2D eigenvalue weighted by Crippen LogP contribution is 2.28. The van der Waals surface area contributed by atoms with Crippen LogP contribution in [0.2, 0.25) is 0 Å². The molecular formula is C14H20N2O2. The number of carbonyl (C=O) groups is 1. The first-order chi connectivity index (χ1) is 8.74. The first-order valence-electron chi connectivity index (χ1n) is 6.43. The number of anilines is 1. The van der Waals surface area contributed by atoms with Crippen LogP contribution in [0.3, 0.4) is 0 Å². The molecule has 0 unspecified atom stereocenters. The van der Waals surface area contributed by atoms with Gasteiger partial charge in [0.25, 0.3) is 0 Å². The van der Waals surface area contributed by atoms with E-state index >= 15 is 0 Å². The average molecular weight is 248 g/mol. The molecule has 1 amide bonds. The molecule has 1 aromatic rings. The first kappa shape index (κ1) is 12.9. The quantitative estimate of drug-likeness (QED) is 0.716. The minimum Gasteiger partial charge on any atom is -0.399 e. The number of amides is 1. The zero-order valence-electron chi connectivity index (χ0n) is 10.5. The normalized spacial score (nSPS) is 14.4. The van der Waals surface area contributed by atoms with E-state index in [4.69, 9.17) is 10.5 Å². The fourth-order valence-corrected chi connectivity index (χ4v) is 1.68. The Morgan fingerprint density at radius 2 is 2.06 bits per heavy atom. The molecule has 0 heterocycles. The third-order valence-electron chi connectivity index (χ3n) is 3.00. The van der Waals surface area contributed by atoms with Crippen molar-refractivity contribution in [3.8, 4) is 0 Å². The van der Waals surface area contributed by atoms with Crippen molar-refractivity contribution in [2.24, 2.45) is 5.92 Å². The molecule has 1 aliphatic rings. The molecule has 4 heteroatoms. The number of rotatable bonds is 7. The summed E-state index contributed by atoms with van der Waals surface area (Å²) in [6.45, 7) is 1.54. The van der Waals surface area contributed by atoms with Gasteiger partial charge in [0.05, 0.1) is 6.61 Å². The number of nitrogen functional groups attached to an aromatic ring is 1. The Kier molecular flexibility index (Phi) is 4.59. The number of hydrogen-bond donors (Lipinski definition) is 2. The third-order valence-corrected chi connectivity index (χ3v) is 3.00. The van der Waals surface area contributed by atoms with E-state index in [1.165, 1.54) is 18.4 Å². The number of hydrogen-bond acceptors (Lipinski definition) is 3. The van der Waals surface area contributed by atoms with Gasteiger partial charge < -0.3 is 15.8 Å². The molecule has 0 radical (unpaired) electrons. The van der Waals surface area contributed by atoms with Crippen molar-refractivity contribution in [3.05, 3.63) is 29.8 Å². The summed E-state index contributed by atoms with van der Waals surface area (Å²) in [4.78, 5) is 11.4. The Hall–Kier alpha value is -1.55. The zero-order chi connectivity index (χ0) is 12.8. The molecule has 4 nitrogen and oxygen atoms in total. The highest BCUT2D eigenvalue weighted by Gasteiger charge is 2.21. The molecule has 0 aliphatic heterocycles. The maximum Gasteiger partial charge on any atom is 0.246 e. The second-order valence-corrected chi connectivity index (χ2v) is 4.80. The molecule has 2 rings (SSSR count). The van der Waals surface area contributed by atoms with Gasteiger partial charge in [0.15, 0.2) is 0 Å². The van der Waals surface area contributed by atoms with Crippen LogP contribution in [0.15, 0.2) is 24.3 Å². The number of nitrogens with two attached hydrogens (primary N) is 1. The van der Waals surface area contributed by atoms with Crippen LogP contribution in [-0.4, -0.2) is 25.7 Å². The molecule has 1 aromatic carbocycles. The minimum absolute atomic E-state index is 0.0360. The minimum atomic E-state index is -0.0360. The third kappa shape index (κ3) is 4.75. The summed E-state index contributed by atoms with van der Waals surface area (Å²) in [6.07, 6.45) is 3.31. The van der Waals surface area contributed by atoms with Crippen LogP contribution in [0.5, 0.6) is 0 Å². The summed E-state index contributed by atoms with van der Waals surface area (Å²) >= 11 is 0. The lowest BCUT2D eigenvalue weighted by atomic mass is 10.1. The average Bonchev–Trinajstić information content (AvgIpc) is 3.16. The smallest absolute Gasteiger partial charge is 0.246 e. The van der Waals surface area contributed by atoms with Crippen LogP contribution in [0.25, 0.3) is 0 Å². The van der Waals surface area contributed by atoms with Crippen LogP contribution >= 0.6 is 0 Å². The largest absolute Gasteiger partial charge is 0.399 e. The van der Waals surface area contributed by atoms with Crippen LogP contribution in [0.1, 0.15) is 18.4 Å². The van der Waals surface area contributed by atoms with Gasteiger partial charge in [-0.15, -0.1) is 0 Å². The van der Waals surface area contributed by atoms with E-state index in [9.17, 15) is 4.79 Å². The van der Waals surface area contributed by atoms with Gasteiger partial charge >= 0.3 is 0 Å². The molecule has 18 heavy (non-hydrogen) atoms. The number of benzene rings is 1. The van der Waals surface area contributed by atoms with Crippen LogP contribution < -0.4 is 11.1 Å². The lowest BCUT2D eigenvalue weighted by Crippen LogP contribution is -2.29. The zero-order valence-corrected chi connectivity index (χ0v) is 10.5. The van der Waals surface area contributed by atoms with Crippen LogP contribution in [0.4, 0.5) is 5.69 Å².